The lowest BCUT2D eigenvalue weighted by Gasteiger charge is -2.33. The van der Waals surface area contributed by atoms with Gasteiger partial charge in [-0.25, -0.2) is 8.42 Å². The van der Waals surface area contributed by atoms with Gasteiger partial charge < -0.3 is 5.32 Å². The van der Waals surface area contributed by atoms with E-state index in [-0.39, 0.29) is 10.8 Å². The van der Waals surface area contributed by atoms with Gasteiger partial charge in [-0.2, -0.15) is 4.31 Å². The van der Waals surface area contributed by atoms with Crippen LogP contribution in [0.4, 0.5) is 0 Å². The highest BCUT2D eigenvalue weighted by Gasteiger charge is 2.30. The van der Waals surface area contributed by atoms with Gasteiger partial charge in [0.1, 0.15) is 0 Å². The molecule has 22 heavy (non-hydrogen) atoms. The van der Waals surface area contributed by atoms with E-state index in [1.807, 2.05) is 11.8 Å². The van der Waals surface area contributed by atoms with Gasteiger partial charge in [-0.15, -0.1) is 0 Å². The summed E-state index contributed by atoms with van der Waals surface area (Å²) in [4.78, 5) is 13.6. The summed E-state index contributed by atoms with van der Waals surface area (Å²) in [6.45, 7) is 4.10. The van der Waals surface area contributed by atoms with Gasteiger partial charge in [-0.05, 0) is 40.5 Å². The minimum Gasteiger partial charge on any atom is -0.358 e. The minimum atomic E-state index is -3.51. The average molecular weight is 390 g/mol. The largest absolute Gasteiger partial charge is 0.358 e. The molecule has 0 aromatic heterocycles. The van der Waals surface area contributed by atoms with Crippen molar-refractivity contribution in [2.45, 2.75) is 11.8 Å². The van der Waals surface area contributed by atoms with E-state index >= 15 is 0 Å². The maximum Gasteiger partial charge on any atom is 0.244 e. The van der Waals surface area contributed by atoms with Gasteiger partial charge in [-0.1, -0.05) is 6.07 Å². The zero-order valence-electron chi connectivity index (χ0n) is 12.7. The quantitative estimate of drug-likeness (QED) is 0.826. The molecular weight excluding hydrogens is 370 g/mol. The Balaban J connectivity index is 2.08. The number of amides is 1. The number of nitrogens with one attached hydrogen (secondary N) is 1. The molecule has 0 aliphatic carbocycles. The van der Waals surface area contributed by atoms with Crippen LogP contribution in [-0.2, 0) is 14.8 Å². The van der Waals surface area contributed by atoms with Crippen LogP contribution in [0.2, 0.25) is 0 Å². The Kier molecular flexibility index (Phi) is 5.60. The van der Waals surface area contributed by atoms with E-state index in [4.69, 9.17) is 0 Å². The molecule has 1 fully saturated rings. The van der Waals surface area contributed by atoms with Crippen LogP contribution < -0.4 is 5.32 Å². The maximum atomic E-state index is 12.7. The predicted octanol–water partition coefficient (Wildman–Crippen LogP) is 0.810. The summed E-state index contributed by atoms with van der Waals surface area (Å²) in [6, 6.07) is 5.22. The smallest absolute Gasteiger partial charge is 0.244 e. The highest BCUT2D eigenvalue weighted by atomic mass is 79.9. The molecule has 0 bridgehead atoms. The summed E-state index contributed by atoms with van der Waals surface area (Å²) in [6.07, 6.45) is 0. The summed E-state index contributed by atoms with van der Waals surface area (Å²) >= 11 is 3.33. The molecule has 0 atom stereocenters. The normalized spacial score (nSPS) is 17.4. The molecule has 1 aromatic rings. The molecule has 1 N–H and O–H groups in total. The fourth-order valence-electron chi connectivity index (χ4n) is 2.36. The predicted molar refractivity (Wildman–Crippen MR) is 88.1 cm³/mol. The van der Waals surface area contributed by atoms with Crippen molar-refractivity contribution in [1.82, 2.24) is 14.5 Å². The summed E-state index contributed by atoms with van der Waals surface area (Å²) in [5.41, 5.74) is 1.00. The lowest BCUT2D eigenvalue weighted by molar-refractivity contribution is -0.122. The first-order valence-electron chi connectivity index (χ1n) is 7.04. The number of benzene rings is 1. The van der Waals surface area contributed by atoms with Crippen molar-refractivity contribution in [3.05, 3.63) is 28.2 Å². The molecule has 1 aliphatic rings. The number of carbonyl (C=O) groups is 1. The first kappa shape index (κ1) is 17.4. The second-order valence-electron chi connectivity index (χ2n) is 5.29. The molecule has 1 heterocycles. The Bertz CT molecular complexity index is 655. The van der Waals surface area contributed by atoms with Gasteiger partial charge in [0, 0.05) is 37.7 Å². The van der Waals surface area contributed by atoms with Crippen LogP contribution in [0.1, 0.15) is 5.56 Å². The van der Waals surface area contributed by atoms with Gasteiger partial charge >= 0.3 is 0 Å². The molecular formula is C14H20BrN3O3S. The monoisotopic (exact) mass is 389 g/mol. The number of rotatable bonds is 4. The van der Waals surface area contributed by atoms with E-state index in [0.29, 0.717) is 37.2 Å². The van der Waals surface area contributed by atoms with Gasteiger partial charge in [0.15, 0.2) is 0 Å². The summed E-state index contributed by atoms with van der Waals surface area (Å²) in [5, 5.41) is 2.57. The van der Waals surface area contributed by atoms with Crippen LogP contribution >= 0.6 is 15.9 Å². The Morgan fingerprint density at radius 2 is 1.91 bits per heavy atom. The molecule has 8 heteroatoms. The van der Waals surface area contributed by atoms with Gasteiger partial charge in [-0.3, -0.25) is 9.69 Å². The zero-order valence-corrected chi connectivity index (χ0v) is 15.1. The topological polar surface area (TPSA) is 69.7 Å². The Morgan fingerprint density at radius 1 is 1.27 bits per heavy atom. The molecule has 1 aliphatic heterocycles. The summed E-state index contributed by atoms with van der Waals surface area (Å²) in [5.74, 6) is -0.0578. The van der Waals surface area contributed by atoms with Crippen molar-refractivity contribution < 1.29 is 13.2 Å². The van der Waals surface area contributed by atoms with Crippen LogP contribution in [0, 0.1) is 6.92 Å². The summed E-state index contributed by atoms with van der Waals surface area (Å²) in [7, 11) is -1.91. The number of halogens is 1. The number of hydrogen-bond donors (Lipinski definition) is 1. The van der Waals surface area contributed by atoms with Gasteiger partial charge in [0.2, 0.25) is 15.9 Å². The molecule has 1 saturated heterocycles. The number of hydrogen-bond acceptors (Lipinski definition) is 4. The fourth-order valence-corrected chi connectivity index (χ4v) is 4.94. The first-order chi connectivity index (χ1) is 10.3. The van der Waals surface area contributed by atoms with E-state index in [1.54, 1.807) is 25.2 Å². The maximum absolute atomic E-state index is 12.7. The van der Waals surface area contributed by atoms with Crippen LogP contribution in [-0.4, -0.2) is 63.3 Å². The number of sulfonamides is 1. The Morgan fingerprint density at radius 3 is 2.45 bits per heavy atom. The van der Waals surface area contributed by atoms with E-state index < -0.39 is 10.0 Å². The second-order valence-corrected chi connectivity index (χ2v) is 8.05. The minimum absolute atomic E-state index is 0.0578. The van der Waals surface area contributed by atoms with Crippen LogP contribution in [0.25, 0.3) is 0 Å². The molecule has 6 nitrogen and oxygen atoms in total. The van der Waals surface area contributed by atoms with Crippen LogP contribution in [0.15, 0.2) is 27.6 Å². The van der Waals surface area contributed by atoms with Crippen molar-refractivity contribution in [2.24, 2.45) is 0 Å². The van der Waals surface area contributed by atoms with E-state index in [0.717, 1.165) is 5.56 Å². The van der Waals surface area contributed by atoms with Crippen LogP contribution in [0.3, 0.4) is 0 Å². The SMILES string of the molecule is CNC(=O)CN1CCN(S(=O)(=O)c2ccc(C)cc2Br)CC1. The molecule has 0 unspecified atom stereocenters. The number of piperazine rings is 1. The van der Waals surface area contributed by atoms with Gasteiger partial charge in [0.25, 0.3) is 0 Å². The van der Waals surface area contributed by atoms with Crippen molar-refractivity contribution in [2.75, 3.05) is 39.8 Å². The molecule has 1 aromatic carbocycles. The van der Waals surface area contributed by atoms with E-state index in [2.05, 4.69) is 21.2 Å². The third kappa shape index (κ3) is 3.87. The van der Waals surface area contributed by atoms with Crippen molar-refractivity contribution >= 4 is 31.9 Å². The lowest BCUT2D eigenvalue weighted by Crippen LogP contribution is -2.50. The highest BCUT2D eigenvalue weighted by molar-refractivity contribution is 9.10. The fraction of sp³-hybridized carbons (Fsp3) is 0.500. The standard InChI is InChI=1S/C14H20BrN3O3S/c1-11-3-4-13(12(15)9-11)22(20,21)18-7-5-17(6-8-18)10-14(19)16-2/h3-4,9H,5-8,10H2,1-2H3,(H,16,19). The molecule has 2 rings (SSSR count). The van der Waals surface area contributed by atoms with Crippen molar-refractivity contribution in [3.8, 4) is 0 Å². The Hall–Kier alpha value is -0.960. The zero-order chi connectivity index (χ0) is 16.3. The first-order valence-corrected chi connectivity index (χ1v) is 9.27. The average Bonchev–Trinajstić information content (AvgIpc) is 2.47. The second kappa shape index (κ2) is 7.08. The molecule has 1 amide bonds. The van der Waals surface area contributed by atoms with Crippen molar-refractivity contribution in [1.29, 1.82) is 0 Å². The molecule has 0 spiro atoms. The third-order valence-corrected chi connectivity index (χ3v) is 6.56. The van der Waals surface area contributed by atoms with E-state index in [9.17, 15) is 13.2 Å². The number of likely N-dealkylation sites (N-methyl/N-ethyl adjacent to an activating group) is 1. The van der Waals surface area contributed by atoms with E-state index in [1.165, 1.54) is 4.31 Å². The van der Waals surface area contributed by atoms with Crippen LogP contribution in [0.5, 0.6) is 0 Å². The Labute approximate surface area is 139 Å². The number of aryl methyl sites for hydroxylation is 1. The molecule has 122 valence electrons. The molecule has 0 saturated carbocycles. The lowest BCUT2D eigenvalue weighted by atomic mass is 10.2. The van der Waals surface area contributed by atoms with Crippen molar-refractivity contribution in [3.63, 3.8) is 0 Å². The number of nitrogens with zero attached hydrogens (tertiary/aromatic N) is 2. The van der Waals surface area contributed by atoms with Gasteiger partial charge in [0.05, 0.1) is 11.4 Å². The highest BCUT2D eigenvalue weighted by Crippen LogP contribution is 2.26. The molecule has 0 radical (unpaired) electrons. The number of carbonyl (C=O) groups excluding carboxylic acids is 1. The summed E-state index contributed by atoms with van der Waals surface area (Å²) < 4.78 is 27.5. The third-order valence-electron chi connectivity index (χ3n) is 3.68.